The maximum absolute atomic E-state index is 12.1. The summed E-state index contributed by atoms with van der Waals surface area (Å²) < 4.78 is 4.91. The van der Waals surface area contributed by atoms with Crippen molar-refractivity contribution in [3.63, 3.8) is 0 Å². The summed E-state index contributed by atoms with van der Waals surface area (Å²) in [4.78, 5) is 26.3. The minimum atomic E-state index is -0.378. The molecule has 0 aliphatic heterocycles. The average molecular weight is 344 g/mol. The fourth-order valence-electron chi connectivity index (χ4n) is 2.34. The second-order valence-corrected chi connectivity index (χ2v) is 5.65. The predicted molar refractivity (Wildman–Crippen MR) is 95.8 cm³/mol. The van der Waals surface area contributed by atoms with Gasteiger partial charge in [0, 0.05) is 30.4 Å². The first kappa shape index (κ1) is 18.7. The summed E-state index contributed by atoms with van der Waals surface area (Å²) in [6.07, 6.45) is 0. The van der Waals surface area contributed by atoms with Gasteiger partial charge in [-0.2, -0.15) is 0 Å². The highest BCUT2D eigenvalue weighted by Gasteiger charge is 2.12. The molecule has 1 aromatic heterocycles. The largest absolute Gasteiger partial charge is 0.351 e. The molecule has 0 aliphatic rings. The molecule has 0 atom stereocenters. The van der Waals surface area contributed by atoms with Gasteiger partial charge in [0.05, 0.1) is 5.69 Å². The minimum Gasteiger partial charge on any atom is -0.351 e. The molecule has 0 fully saturated rings. The third-order valence-corrected chi connectivity index (χ3v) is 3.86. The zero-order valence-electron chi connectivity index (χ0n) is 14.8. The van der Waals surface area contributed by atoms with Crippen LogP contribution in [0.25, 0.3) is 0 Å². The number of aryl methyl sites for hydroxylation is 1. The van der Waals surface area contributed by atoms with Gasteiger partial charge < -0.3 is 20.1 Å². The van der Waals surface area contributed by atoms with Gasteiger partial charge in [-0.3, -0.25) is 9.59 Å². The van der Waals surface area contributed by atoms with Crippen molar-refractivity contribution in [2.24, 2.45) is 0 Å². The number of likely N-dealkylation sites (N-methyl/N-ethyl adjacent to an activating group) is 1. The van der Waals surface area contributed by atoms with Crippen LogP contribution in [0.15, 0.2) is 34.9 Å². The highest BCUT2D eigenvalue weighted by molar-refractivity contribution is 6.02. The Morgan fingerprint density at radius 1 is 1.12 bits per heavy atom. The van der Waals surface area contributed by atoms with E-state index in [4.69, 9.17) is 4.52 Å². The summed E-state index contributed by atoms with van der Waals surface area (Å²) in [6.45, 7) is 9.29. The summed E-state index contributed by atoms with van der Waals surface area (Å²) in [5.74, 6) is -0.358. The van der Waals surface area contributed by atoms with E-state index in [1.54, 1.807) is 37.3 Å². The molecule has 7 heteroatoms. The molecule has 0 saturated carbocycles. The van der Waals surface area contributed by atoms with Crippen molar-refractivity contribution in [3.8, 4) is 0 Å². The Morgan fingerprint density at radius 3 is 2.36 bits per heavy atom. The van der Waals surface area contributed by atoms with Crippen molar-refractivity contribution in [2.75, 3.05) is 31.5 Å². The fraction of sp³-hybridized carbons (Fsp3) is 0.389. The molecule has 2 rings (SSSR count). The second-order valence-electron chi connectivity index (χ2n) is 5.65. The highest BCUT2D eigenvalue weighted by atomic mass is 16.5. The smallest absolute Gasteiger partial charge is 0.294 e. The van der Waals surface area contributed by atoms with E-state index in [0.29, 0.717) is 23.5 Å². The second kappa shape index (κ2) is 8.98. The van der Waals surface area contributed by atoms with Crippen LogP contribution in [0, 0.1) is 6.92 Å². The molecule has 1 heterocycles. The van der Waals surface area contributed by atoms with Gasteiger partial charge in [0.15, 0.2) is 0 Å². The molecule has 0 saturated heterocycles. The van der Waals surface area contributed by atoms with Crippen LogP contribution < -0.4 is 10.6 Å². The van der Waals surface area contributed by atoms with Crippen molar-refractivity contribution in [2.45, 2.75) is 20.8 Å². The van der Waals surface area contributed by atoms with E-state index in [1.807, 2.05) is 0 Å². The van der Waals surface area contributed by atoms with Crippen molar-refractivity contribution < 1.29 is 14.1 Å². The molecular weight excluding hydrogens is 320 g/mol. The lowest BCUT2D eigenvalue weighted by molar-refractivity contribution is 0.0948. The molecule has 2 aromatic rings. The van der Waals surface area contributed by atoms with E-state index in [9.17, 15) is 9.59 Å². The zero-order valence-corrected chi connectivity index (χ0v) is 14.8. The van der Waals surface area contributed by atoms with Crippen molar-refractivity contribution in [1.82, 2.24) is 15.4 Å². The van der Waals surface area contributed by atoms with Crippen LogP contribution in [0.1, 0.15) is 40.5 Å². The first-order valence-corrected chi connectivity index (χ1v) is 8.38. The molecule has 1 aromatic carbocycles. The quantitative estimate of drug-likeness (QED) is 0.767. The highest BCUT2D eigenvalue weighted by Crippen LogP contribution is 2.12. The van der Waals surface area contributed by atoms with E-state index < -0.39 is 0 Å². The van der Waals surface area contributed by atoms with E-state index in [0.717, 1.165) is 19.6 Å². The molecular formula is C18H24N4O3. The lowest BCUT2D eigenvalue weighted by Crippen LogP contribution is -2.34. The van der Waals surface area contributed by atoms with E-state index in [2.05, 4.69) is 34.5 Å². The molecule has 25 heavy (non-hydrogen) atoms. The number of anilines is 1. The molecule has 2 amide bonds. The number of aromatic nitrogens is 1. The summed E-state index contributed by atoms with van der Waals surface area (Å²) in [5, 5.41) is 9.27. The molecule has 0 bridgehead atoms. The number of benzene rings is 1. The Labute approximate surface area is 147 Å². The zero-order chi connectivity index (χ0) is 18.2. The predicted octanol–water partition coefficient (Wildman–Crippen LogP) is 2.31. The molecule has 0 radical (unpaired) electrons. The van der Waals surface area contributed by atoms with Gasteiger partial charge >= 0.3 is 0 Å². The van der Waals surface area contributed by atoms with Crippen molar-refractivity contribution in [3.05, 3.63) is 47.3 Å². The van der Waals surface area contributed by atoms with E-state index >= 15 is 0 Å². The lowest BCUT2D eigenvalue weighted by Gasteiger charge is -2.17. The Kier molecular flexibility index (Phi) is 6.71. The monoisotopic (exact) mass is 344 g/mol. The van der Waals surface area contributed by atoms with Crippen LogP contribution in [-0.4, -0.2) is 48.0 Å². The number of nitrogens with zero attached hydrogens (tertiary/aromatic N) is 2. The summed E-state index contributed by atoms with van der Waals surface area (Å²) in [5.41, 5.74) is 1.77. The van der Waals surface area contributed by atoms with Gasteiger partial charge in [-0.15, -0.1) is 0 Å². The summed E-state index contributed by atoms with van der Waals surface area (Å²) in [7, 11) is 0. The standard InChI is InChI=1S/C18H24N4O3/c1-4-22(5-2)11-10-19-17(23)14-6-8-15(9-7-14)20-18(24)16-12-13(3)21-25-16/h6-9,12H,4-5,10-11H2,1-3H3,(H,19,23)(H,20,24). The molecule has 0 spiro atoms. The van der Waals surface area contributed by atoms with Gasteiger partial charge in [-0.05, 0) is 44.3 Å². The number of hydrogen-bond donors (Lipinski definition) is 2. The Hall–Kier alpha value is -2.67. The summed E-state index contributed by atoms with van der Waals surface area (Å²) in [6, 6.07) is 8.27. The SMILES string of the molecule is CCN(CC)CCNC(=O)c1ccc(NC(=O)c2cc(C)no2)cc1. The summed E-state index contributed by atoms with van der Waals surface area (Å²) >= 11 is 0. The Morgan fingerprint density at radius 2 is 1.80 bits per heavy atom. The van der Waals surface area contributed by atoms with Crippen LogP contribution in [-0.2, 0) is 0 Å². The van der Waals surface area contributed by atoms with Gasteiger partial charge in [-0.1, -0.05) is 19.0 Å². The number of amides is 2. The average Bonchev–Trinajstić information content (AvgIpc) is 3.06. The fourth-order valence-corrected chi connectivity index (χ4v) is 2.34. The van der Waals surface area contributed by atoms with E-state index in [1.165, 1.54) is 0 Å². The third kappa shape index (κ3) is 5.42. The maximum atomic E-state index is 12.1. The normalized spacial score (nSPS) is 10.7. The first-order valence-electron chi connectivity index (χ1n) is 8.38. The number of hydrogen-bond acceptors (Lipinski definition) is 5. The Bertz CT molecular complexity index is 705. The Balaban J connectivity index is 1.86. The number of rotatable bonds is 8. The molecule has 2 N–H and O–H groups in total. The van der Waals surface area contributed by atoms with Crippen LogP contribution in [0.2, 0.25) is 0 Å². The topological polar surface area (TPSA) is 87.5 Å². The van der Waals surface area contributed by atoms with E-state index in [-0.39, 0.29) is 17.6 Å². The molecule has 7 nitrogen and oxygen atoms in total. The van der Waals surface area contributed by atoms with Crippen LogP contribution in [0.4, 0.5) is 5.69 Å². The van der Waals surface area contributed by atoms with Crippen LogP contribution in [0.3, 0.4) is 0 Å². The van der Waals surface area contributed by atoms with Gasteiger partial charge in [0.2, 0.25) is 5.76 Å². The van der Waals surface area contributed by atoms with Crippen LogP contribution in [0.5, 0.6) is 0 Å². The number of nitrogens with one attached hydrogen (secondary N) is 2. The lowest BCUT2D eigenvalue weighted by atomic mass is 10.2. The molecule has 0 aliphatic carbocycles. The van der Waals surface area contributed by atoms with Gasteiger partial charge in [0.1, 0.15) is 0 Å². The van der Waals surface area contributed by atoms with Crippen LogP contribution >= 0.6 is 0 Å². The molecule has 134 valence electrons. The number of carbonyl (C=O) groups excluding carboxylic acids is 2. The van der Waals surface area contributed by atoms with Gasteiger partial charge in [-0.25, -0.2) is 0 Å². The maximum Gasteiger partial charge on any atom is 0.294 e. The van der Waals surface area contributed by atoms with Gasteiger partial charge in [0.25, 0.3) is 11.8 Å². The number of carbonyl (C=O) groups is 2. The third-order valence-electron chi connectivity index (χ3n) is 3.86. The molecule has 0 unspecified atom stereocenters. The van der Waals surface area contributed by atoms with Crippen molar-refractivity contribution in [1.29, 1.82) is 0 Å². The first-order chi connectivity index (χ1) is 12.0. The van der Waals surface area contributed by atoms with Crippen molar-refractivity contribution >= 4 is 17.5 Å². The minimum absolute atomic E-state index is 0.129.